The normalized spacial score (nSPS) is 12.9. The second-order valence-corrected chi connectivity index (χ2v) is 8.59. The van der Waals surface area contributed by atoms with E-state index in [4.69, 9.17) is 9.84 Å². The number of hydrogen-bond acceptors (Lipinski definition) is 6. The van der Waals surface area contributed by atoms with Gasteiger partial charge in [-0.25, -0.2) is 4.79 Å². The van der Waals surface area contributed by atoms with Crippen LogP contribution in [0.3, 0.4) is 0 Å². The number of benzene rings is 2. The summed E-state index contributed by atoms with van der Waals surface area (Å²) in [5.74, 6) is -2.47. The number of carboxylic acid groups (broad SMARTS) is 1. The van der Waals surface area contributed by atoms with Gasteiger partial charge in [-0.3, -0.25) is 14.4 Å². The molecular weight excluding hydrogens is 452 g/mol. The van der Waals surface area contributed by atoms with Crippen LogP contribution in [-0.4, -0.2) is 66.3 Å². The molecule has 2 N–H and O–H groups in total. The summed E-state index contributed by atoms with van der Waals surface area (Å²) in [6.07, 6.45) is -1.33. The van der Waals surface area contributed by atoms with Crippen LogP contribution < -0.4 is 5.32 Å². The molecule has 9 nitrogen and oxygen atoms in total. The standard InChI is InChI=1S/C26H30N2O7/c1-16(2)28(14-24(31)34-3)25(32)22(12-13-23(29)30)27-26(33)35-15-21-19-10-6-4-8-17(19)18-9-5-7-11-20(18)21/h4-11,16,21-22H,12-15H2,1-3H3,(H,27,33)(H,29,30). The van der Waals surface area contributed by atoms with Gasteiger partial charge < -0.3 is 24.8 Å². The number of nitrogens with zero attached hydrogens (tertiary/aromatic N) is 1. The first-order valence-electron chi connectivity index (χ1n) is 11.4. The molecule has 1 unspecified atom stereocenters. The predicted octanol–water partition coefficient (Wildman–Crippen LogP) is 3.17. The lowest BCUT2D eigenvalue weighted by atomic mass is 9.98. The number of amides is 2. The average Bonchev–Trinajstić information content (AvgIpc) is 3.16. The summed E-state index contributed by atoms with van der Waals surface area (Å²) in [7, 11) is 1.21. The van der Waals surface area contributed by atoms with Gasteiger partial charge in [0, 0.05) is 18.4 Å². The summed E-state index contributed by atoms with van der Waals surface area (Å²) in [5.41, 5.74) is 4.26. The van der Waals surface area contributed by atoms with Crippen LogP contribution in [0.2, 0.25) is 0 Å². The number of carboxylic acids is 1. The summed E-state index contributed by atoms with van der Waals surface area (Å²) in [6.45, 7) is 3.16. The van der Waals surface area contributed by atoms with Crippen molar-refractivity contribution >= 4 is 23.9 Å². The molecule has 3 rings (SSSR count). The molecule has 2 aromatic carbocycles. The van der Waals surface area contributed by atoms with Crippen LogP contribution in [0.1, 0.15) is 43.7 Å². The zero-order chi connectivity index (χ0) is 25.5. The fraction of sp³-hybridized carbons (Fsp3) is 0.385. The Bertz CT molecular complexity index is 1050. The average molecular weight is 483 g/mol. The number of carbonyl (C=O) groups excluding carboxylic acids is 3. The van der Waals surface area contributed by atoms with Gasteiger partial charge in [-0.2, -0.15) is 0 Å². The molecule has 2 aromatic rings. The van der Waals surface area contributed by atoms with E-state index >= 15 is 0 Å². The molecule has 0 spiro atoms. The SMILES string of the molecule is COC(=O)CN(C(=O)C(CCC(=O)O)NC(=O)OCC1c2ccccc2-c2ccccc21)C(C)C. The third kappa shape index (κ3) is 6.17. The van der Waals surface area contributed by atoms with Crippen molar-refractivity contribution in [3.8, 4) is 11.1 Å². The first-order valence-corrected chi connectivity index (χ1v) is 11.4. The number of alkyl carbamates (subject to hydrolysis) is 1. The van der Waals surface area contributed by atoms with E-state index < -0.39 is 30.0 Å². The molecule has 1 aliphatic rings. The van der Waals surface area contributed by atoms with Crippen LogP contribution in [0.5, 0.6) is 0 Å². The first-order chi connectivity index (χ1) is 16.7. The Hall–Kier alpha value is -3.88. The number of carbonyl (C=O) groups is 4. The third-order valence-corrected chi connectivity index (χ3v) is 6.01. The van der Waals surface area contributed by atoms with Gasteiger partial charge in [-0.1, -0.05) is 48.5 Å². The summed E-state index contributed by atoms with van der Waals surface area (Å²) >= 11 is 0. The van der Waals surface area contributed by atoms with Crippen LogP contribution in [-0.2, 0) is 23.9 Å². The Balaban J connectivity index is 1.72. The lowest BCUT2D eigenvalue weighted by molar-refractivity contribution is -0.149. The molecule has 0 saturated carbocycles. The second kappa shape index (κ2) is 11.5. The molecule has 2 amide bonds. The summed E-state index contributed by atoms with van der Waals surface area (Å²) in [6, 6.07) is 14.3. The van der Waals surface area contributed by atoms with E-state index in [0.717, 1.165) is 22.3 Å². The zero-order valence-electron chi connectivity index (χ0n) is 20.0. The van der Waals surface area contributed by atoms with E-state index in [1.165, 1.54) is 12.0 Å². The zero-order valence-corrected chi connectivity index (χ0v) is 20.0. The minimum absolute atomic E-state index is 0.0513. The molecule has 0 aliphatic heterocycles. The number of nitrogens with one attached hydrogen (secondary N) is 1. The first kappa shape index (κ1) is 25.7. The maximum Gasteiger partial charge on any atom is 0.407 e. The van der Waals surface area contributed by atoms with Gasteiger partial charge in [0.05, 0.1) is 7.11 Å². The summed E-state index contributed by atoms with van der Waals surface area (Å²) in [5, 5.41) is 11.6. The quantitative estimate of drug-likeness (QED) is 0.499. The van der Waals surface area contributed by atoms with Gasteiger partial charge >= 0.3 is 18.0 Å². The Morgan fingerprint density at radius 1 is 1.00 bits per heavy atom. The van der Waals surface area contributed by atoms with Crippen molar-refractivity contribution in [1.29, 1.82) is 0 Å². The van der Waals surface area contributed by atoms with E-state index in [9.17, 15) is 19.2 Å². The summed E-state index contributed by atoms with van der Waals surface area (Å²) < 4.78 is 10.2. The highest BCUT2D eigenvalue weighted by Gasteiger charge is 2.32. The van der Waals surface area contributed by atoms with Crippen molar-refractivity contribution < 1.29 is 33.8 Å². The fourth-order valence-electron chi connectivity index (χ4n) is 4.23. The number of aliphatic carboxylic acids is 1. The molecule has 9 heteroatoms. The van der Waals surface area contributed by atoms with Crippen molar-refractivity contribution in [3.63, 3.8) is 0 Å². The number of rotatable bonds is 10. The lowest BCUT2D eigenvalue weighted by Crippen LogP contribution is -2.52. The van der Waals surface area contributed by atoms with Crippen molar-refractivity contribution in [3.05, 3.63) is 59.7 Å². The molecule has 186 valence electrons. The molecule has 0 radical (unpaired) electrons. The van der Waals surface area contributed by atoms with E-state index in [0.29, 0.717) is 0 Å². The largest absolute Gasteiger partial charge is 0.481 e. The van der Waals surface area contributed by atoms with Gasteiger partial charge in [0.1, 0.15) is 19.2 Å². The van der Waals surface area contributed by atoms with Crippen LogP contribution in [0.15, 0.2) is 48.5 Å². The van der Waals surface area contributed by atoms with Crippen LogP contribution in [0.4, 0.5) is 4.79 Å². The van der Waals surface area contributed by atoms with Crippen molar-refractivity contribution in [2.75, 3.05) is 20.3 Å². The number of esters is 1. The van der Waals surface area contributed by atoms with E-state index in [2.05, 4.69) is 10.1 Å². The van der Waals surface area contributed by atoms with Crippen molar-refractivity contribution in [2.24, 2.45) is 0 Å². The maximum absolute atomic E-state index is 13.1. The monoisotopic (exact) mass is 482 g/mol. The van der Waals surface area contributed by atoms with Crippen molar-refractivity contribution in [2.45, 2.75) is 44.7 Å². The second-order valence-electron chi connectivity index (χ2n) is 8.59. The topological polar surface area (TPSA) is 122 Å². The molecule has 0 heterocycles. The molecular formula is C26H30N2O7. The minimum atomic E-state index is -1.17. The number of ether oxygens (including phenoxy) is 2. The molecule has 35 heavy (non-hydrogen) atoms. The highest BCUT2D eigenvalue weighted by molar-refractivity contribution is 5.89. The predicted molar refractivity (Wildman–Crippen MR) is 128 cm³/mol. The molecule has 1 atom stereocenters. The van der Waals surface area contributed by atoms with Crippen LogP contribution in [0.25, 0.3) is 11.1 Å². The lowest BCUT2D eigenvalue weighted by Gasteiger charge is -2.30. The summed E-state index contributed by atoms with van der Waals surface area (Å²) in [4.78, 5) is 50.0. The molecule has 0 saturated heterocycles. The van der Waals surface area contributed by atoms with Gasteiger partial charge in [0.25, 0.3) is 0 Å². The van der Waals surface area contributed by atoms with Gasteiger partial charge in [-0.05, 0) is 42.5 Å². The number of methoxy groups -OCH3 is 1. The fourth-order valence-corrected chi connectivity index (χ4v) is 4.23. The van der Waals surface area contributed by atoms with Gasteiger partial charge in [0.15, 0.2) is 0 Å². The van der Waals surface area contributed by atoms with Crippen LogP contribution in [0, 0.1) is 0 Å². The van der Waals surface area contributed by atoms with Crippen LogP contribution >= 0.6 is 0 Å². The molecule has 0 aromatic heterocycles. The van der Waals surface area contributed by atoms with E-state index in [-0.39, 0.29) is 38.0 Å². The Morgan fingerprint density at radius 3 is 2.09 bits per heavy atom. The smallest absolute Gasteiger partial charge is 0.407 e. The van der Waals surface area contributed by atoms with Crippen molar-refractivity contribution in [1.82, 2.24) is 10.2 Å². The number of fused-ring (bicyclic) bond motifs is 3. The third-order valence-electron chi connectivity index (χ3n) is 6.01. The Labute approximate surface area is 204 Å². The Kier molecular flexibility index (Phi) is 8.46. The van der Waals surface area contributed by atoms with E-state index in [1.807, 2.05) is 48.5 Å². The highest BCUT2D eigenvalue weighted by atomic mass is 16.5. The minimum Gasteiger partial charge on any atom is -0.481 e. The van der Waals surface area contributed by atoms with Gasteiger partial charge in [0.2, 0.25) is 5.91 Å². The highest BCUT2D eigenvalue weighted by Crippen LogP contribution is 2.44. The molecule has 1 aliphatic carbocycles. The number of hydrogen-bond donors (Lipinski definition) is 2. The van der Waals surface area contributed by atoms with Gasteiger partial charge in [-0.15, -0.1) is 0 Å². The van der Waals surface area contributed by atoms with E-state index in [1.54, 1.807) is 13.8 Å². The Morgan fingerprint density at radius 2 is 1.57 bits per heavy atom. The molecule has 0 bridgehead atoms. The molecule has 0 fully saturated rings. The maximum atomic E-state index is 13.1.